The molecule has 0 saturated heterocycles. The minimum absolute atomic E-state index is 0.372. The largest absolute Gasteiger partial charge is 0.478 e. The van der Waals surface area contributed by atoms with Crippen LogP contribution < -0.4 is 4.74 Å². The molecule has 1 N–H and O–H groups in total. The van der Waals surface area contributed by atoms with E-state index in [9.17, 15) is 9.18 Å². The molecule has 2 aromatic carbocycles. The van der Waals surface area contributed by atoms with Gasteiger partial charge in [-0.2, -0.15) is 0 Å². The van der Waals surface area contributed by atoms with E-state index in [1.807, 2.05) is 24.3 Å². The fourth-order valence-corrected chi connectivity index (χ4v) is 1.82. The highest BCUT2D eigenvalue weighted by Crippen LogP contribution is 2.27. The van der Waals surface area contributed by atoms with Crippen molar-refractivity contribution >= 4 is 12.0 Å². The molecule has 0 heterocycles. The lowest BCUT2D eigenvalue weighted by atomic mass is 10.1. The molecule has 0 amide bonds. The normalized spacial score (nSPS) is 10.8. The van der Waals surface area contributed by atoms with Crippen molar-refractivity contribution in [3.63, 3.8) is 0 Å². The summed E-state index contributed by atoms with van der Waals surface area (Å²) in [5, 5.41) is 8.66. The molecule has 3 nitrogen and oxygen atoms in total. The number of aryl methyl sites for hydroxylation is 1. The van der Waals surface area contributed by atoms with E-state index < -0.39 is 11.8 Å². The monoisotopic (exact) mass is 286 g/mol. The molecule has 0 aliphatic heterocycles. The number of halogens is 1. The van der Waals surface area contributed by atoms with Crippen molar-refractivity contribution in [2.45, 2.75) is 13.3 Å². The summed E-state index contributed by atoms with van der Waals surface area (Å²) in [7, 11) is 0. The first-order valence-corrected chi connectivity index (χ1v) is 6.56. The third-order valence-electron chi connectivity index (χ3n) is 2.94. The molecule has 0 atom stereocenters. The summed E-state index contributed by atoms with van der Waals surface area (Å²) >= 11 is 0. The van der Waals surface area contributed by atoms with Crippen LogP contribution in [0.4, 0.5) is 4.39 Å². The van der Waals surface area contributed by atoms with Gasteiger partial charge in [0.05, 0.1) is 0 Å². The Bertz CT molecular complexity index is 660. The zero-order valence-electron chi connectivity index (χ0n) is 11.5. The molecule has 21 heavy (non-hydrogen) atoms. The van der Waals surface area contributed by atoms with E-state index in [0.717, 1.165) is 12.5 Å². The quantitative estimate of drug-likeness (QED) is 0.834. The molecular formula is C17H15FO3. The van der Waals surface area contributed by atoms with Crippen LogP contribution in [0.3, 0.4) is 0 Å². The summed E-state index contributed by atoms with van der Waals surface area (Å²) in [4.78, 5) is 10.6. The molecule has 2 rings (SSSR count). The average Bonchev–Trinajstić information content (AvgIpc) is 2.48. The lowest BCUT2D eigenvalue weighted by molar-refractivity contribution is -0.131. The van der Waals surface area contributed by atoms with Gasteiger partial charge in [-0.15, -0.1) is 0 Å². The van der Waals surface area contributed by atoms with E-state index in [0.29, 0.717) is 17.1 Å². The molecule has 4 heteroatoms. The zero-order chi connectivity index (χ0) is 15.2. The zero-order valence-corrected chi connectivity index (χ0v) is 11.5. The molecule has 0 bridgehead atoms. The highest BCUT2D eigenvalue weighted by atomic mass is 19.1. The van der Waals surface area contributed by atoms with Gasteiger partial charge >= 0.3 is 5.97 Å². The summed E-state index contributed by atoms with van der Waals surface area (Å²) in [5.41, 5.74) is 1.56. The lowest BCUT2D eigenvalue weighted by Gasteiger charge is -2.09. The summed E-state index contributed by atoms with van der Waals surface area (Å²) in [5.74, 6) is -0.534. The topological polar surface area (TPSA) is 46.5 Å². The maximum Gasteiger partial charge on any atom is 0.328 e. The molecule has 108 valence electrons. The molecule has 0 spiro atoms. The van der Waals surface area contributed by atoms with Gasteiger partial charge in [-0.1, -0.05) is 19.1 Å². The smallest absolute Gasteiger partial charge is 0.328 e. The van der Waals surface area contributed by atoms with Crippen molar-refractivity contribution in [2.75, 3.05) is 0 Å². The number of hydrogen-bond acceptors (Lipinski definition) is 2. The van der Waals surface area contributed by atoms with Gasteiger partial charge in [0.2, 0.25) is 0 Å². The van der Waals surface area contributed by atoms with Gasteiger partial charge in [0.1, 0.15) is 17.3 Å². The van der Waals surface area contributed by atoms with E-state index in [1.165, 1.54) is 29.8 Å². The first-order valence-electron chi connectivity index (χ1n) is 6.56. The maximum atomic E-state index is 13.3. The minimum atomic E-state index is -1.10. The number of ether oxygens (including phenoxy) is 1. The Morgan fingerprint density at radius 2 is 1.95 bits per heavy atom. The van der Waals surface area contributed by atoms with Crippen molar-refractivity contribution in [2.24, 2.45) is 0 Å². The van der Waals surface area contributed by atoms with Gasteiger partial charge in [-0.25, -0.2) is 9.18 Å². The standard InChI is InChI=1S/C17H15FO3/c1-2-12-3-7-15(8-4-12)21-16-9-6-14(18)11-13(16)5-10-17(19)20/h3-11H,2H2,1H3,(H,19,20)/b10-5+. The Morgan fingerprint density at radius 1 is 1.24 bits per heavy atom. The summed E-state index contributed by atoms with van der Waals surface area (Å²) in [6.07, 6.45) is 3.19. The molecule has 0 radical (unpaired) electrons. The molecule has 0 aliphatic carbocycles. The minimum Gasteiger partial charge on any atom is -0.478 e. The molecule has 0 unspecified atom stereocenters. The number of aliphatic carboxylic acids is 1. The number of carboxylic acid groups (broad SMARTS) is 1. The second-order valence-corrected chi connectivity index (χ2v) is 4.45. The van der Waals surface area contributed by atoms with E-state index in [1.54, 1.807) is 0 Å². The Hall–Kier alpha value is -2.62. The van der Waals surface area contributed by atoms with Gasteiger partial charge in [-0.3, -0.25) is 0 Å². The fraction of sp³-hybridized carbons (Fsp3) is 0.118. The highest BCUT2D eigenvalue weighted by Gasteiger charge is 2.05. The van der Waals surface area contributed by atoms with Crippen LogP contribution in [0, 0.1) is 5.82 Å². The summed E-state index contributed by atoms with van der Waals surface area (Å²) in [6, 6.07) is 11.5. The predicted octanol–water partition coefficient (Wildman–Crippen LogP) is 4.28. The van der Waals surface area contributed by atoms with Crippen molar-refractivity contribution in [1.82, 2.24) is 0 Å². The second-order valence-electron chi connectivity index (χ2n) is 4.45. The second kappa shape index (κ2) is 6.70. The first kappa shape index (κ1) is 14.8. The number of benzene rings is 2. The van der Waals surface area contributed by atoms with Gasteiger partial charge in [-0.05, 0) is 48.4 Å². The van der Waals surface area contributed by atoms with Crippen molar-refractivity contribution in [3.05, 3.63) is 65.5 Å². The molecule has 0 saturated carbocycles. The van der Waals surface area contributed by atoms with Crippen molar-refractivity contribution in [1.29, 1.82) is 0 Å². The maximum absolute atomic E-state index is 13.3. The Labute approximate surface area is 122 Å². The molecule has 0 aliphatic rings. The Morgan fingerprint density at radius 3 is 2.57 bits per heavy atom. The SMILES string of the molecule is CCc1ccc(Oc2ccc(F)cc2/C=C/C(=O)O)cc1. The van der Waals surface area contributed by atoms with E-state index in [2.05, 4.69) is 6.92 Å². The molecule has 2 aromatic rings. The van der Waals surface area contributed by atoms with Gasteiger partial charge in [0.25, 0.3) is 0 Å². The van der Waals surface area contributed by atoms with E-state index in [4.69, 9.17) is 9.84 Å². The van der Waals surface area contributed by atoms with Gasteiger partial charge in [0.15, 0.2) is 0 Å². The lowest BCUT2D eigenvalue weighted by Crippen LogP contribution is -1.91. The van der Waals surface area contributed by atoms with E-state index >= 15 is 0 Å². The first-order chi connectivity index (χ1) is 10.1. The number of carbonyl (C=O) groups is 1. The van der Waals surface area contributed by atoms with Crippen LogP contribution in [0.2, 0.25) is 0 Å². The highest BCUT2D eigenvalue weighted by molar-refractivity contribution is 5.85. The third kappa shape index (κ3) is 4.18. The molecule has 0 aromatic heterocycles. The summed E-state index contributed by atoms with van der Waals surface area (Å²) in [6.45, 7) is 2.06. The van der Waals surface area contributed by atoms with Crippen molar-refractivity contribution < 1.29 is 19.0 Å². The fourth-order valence-electron chi connectivity index (χ4n) is 1.82. The van der Waals surface area contributed by atoms with Crippen LogP contribution in [0.5, 0.6) is 11.5 Å². The van der Waals surface area contributed by atoms with Gasteiger partial charge in [0, 0.05) is 11.6 Å². The molecule has 0 fully saturated rings. The number of rotatable bonds is 5. The average molecular weight is 286 g/mol. The van der Waals surface area contributed by atoms with Crippen LogP contribution in [0.1, 0.15) is 18.1 Å². The van der Waals surface area contributed by atoms with Crippen molar-refractivity contribution in [3.8, 4) is 11.5 Å². The number of carboxylic acids is 1. The van der Waals surface area contributed by atoms with Crippen LogP contribution in [0.15, 0.2) is 48.5 Å². The summed E-state index contributed by atoms with van der Waals surface area (Å²) < 4.78 is 19.0. The van der Waals surface area contributed by atoms with Crippen LogP contribution in [-0.2, 0) is 11.2 Å². The third-order valence-corrected chi connectivity index (χ3v) is 2.94. The van der Waals surface area contributed by atoms with Crippen LogP contribution >= 0.6 is 0 Å². The Kier molecular flexibility index (Phi) is 4.72. The molecular weight excluding hydrogens is 271 g/mol. The van der Waals surface area contributed by atoms with E-state index in [-0.39, 0.29) is 0 Å². The number of hydrogen-bond donors (Lipinski definition) is 1. The van der Waals surface area contributed by atoms with Crippen LogP contribution in [-0.4, -0.2) is 11.1 Å². The predicted molar refractivity (Wildman–Crippen MR) is 79.0 cm³/mol. The van der Waals surface area contributed by atoms with Crippen LogP contribution in [0.25, 0.3) is 6.08 Å². The van der Waals surface area contributed by atoms with Gasteiger partial charge < -0.3 is 9.84 Å². The Balaban J connectivity index is 2.27.